The van der Waals surface area contributed by atoms with Crippen LogP contribution in [0.2, 0.25) is 0 Å². The van der Waals surface area contributed by atoms with Gasteiger partial charge < -0.3 is 0 Å². The molecule has 0 spiro atoms. The maximum atomic E-state index is 2.36. The van der Waals surface area contributed by atoms with Crippen LogP contribution in [0.15, 0.2) is 17.5 Å². The van der Waals surface area contributed by atoms with Gasteiger partial charge in [-0.15, -0.1) is 11.3 Å². The second kappa shape index (κ2) is 17.5. The lowest BCUT2D eigenvalue weighted by Crippen LogP contribution is -2.03. The molecule has 164 valence electrons. The van der Waals surface area contributed by atoms with Crippen molar-refractivity contribution in [3.05, 3.63) is 22.4 Å². The van der Waals surface area contributed by atoms with Gasteiger partial charge in [0.2, 0.25) is 0 Å². The van der Waals surface area contributed by atoms with E-state index < -0.39 is 0 Å². The molecule has 0 aliphatic carbocycles. The largest absolute Gasteiger partial charge is 0.149 e. The Kier molecular flexibility index (Phi) is 16.1. The van der Waals surface area contributed by atoms with Gasteiger partial charge in [0.25, 0.3) is 0 Å². The summed E-state index contributed by atoms with van der Waals surface area (Å²) >= 11 is 1.91. The Labute approximate surface area is 181 Å². The Morgan fingerprint density at radius 2 is 0.964 bits per heavy atom. The highest BCUT2D eigenvalue weighted by Crippen LogP contribution is 2.22. The minimum absolute atomic E-state index is 0.532. The summed E-state index contributed by atoms with van der Waals surface area (Å²) in [5.74, 6) is 0. The summed E-state index contributed by atoms with van der Waals surface area (Å²) in [6.45, 7) is 7.09. The number of hydrogen-bond donors (Lipinski definition) is 0. The van der Waals surface area contributed by atoms with Gasteiger partial charge in [0.05, 0.1) is 0 Å². The zero-order valence-electron chi connectivity index (χ0n) is 19.6. The highest BCUT2D eigenvalue weighted by molar-refractivity contribution is 7.09. The van der Waals surface area contributed by atoms with Crippen LogP contribution < -0.4 is 0 Å². The summed E-state index contributed by atoms with van der Waals surface area (Å²) in [7, 11) is 0. The van der Waals surface area contributed by atoms with Crippen molar-refractivity contribution in [3.63, 3.8) is 0 Å². The van der Waals surface area contributed by atoms with Crippen molar-refractivity contribution in [2.45, 2.75) is 143 Å². The van der Waals surface area contributed by atoms with Crippen LogP contribution in [0, 0.1) is 5.41 Å². The molecule has 0 aromatic carbocycles. The fourth-order valence-electron chi connectivity index (χ4n) is 4.06. The molecule has 0 unspecified atom stereocenters. The highest BCUT2D eigenvalue weighted by Gasteiger charge is 2.08. The molecule has 0 saturated carbocycles. The average molecular weight is 407 g/mol. The molecule has 0 radical (unpaired) electrons. The normalized spacial score (nSPS) is 12.0. The van der Waals surface area contributed by atoms with Gasteiger partial charge in [-0.3, -0.25) is 0 Å². The molecule has 0 bridgehead atoms. The van der Waals surface area contributed by atoms with Gasteiger partial charge in [0.1, 0.15) is 0 Å². The predicted molar refractivity (Wildman–Crippen MR) is 131 cm³/mol. The van der Waals surface area contributed by atoms with Gasteiger partial charge >= 0.3 is 0 Å². The van der Waals surface area contributed by atoms with Gasteiger partial charge in [-0.25, -0.2) is 0 Å². The summed E-state index contributed by atoms with van der Waals surface area (Å²) in [4.78, 5) is 1.57. The Bertz CT molecular complexity index is 412. The summed E-state index contributed by atoms with van der Waals surface area (Å²) < 4.78 is 0. The molecule has 0 amide bonds. The first-order valence-electron chi connectivity index (χ1n) is 12.6. The summed E-state index contributed by atoms with van der Waals surface area (Å²) in [5, 5.41) is 2.20. The lowest BCUT2D eigenvalue weighted by Gasteiger charge is -2.17. The molecule has 0 fully saturated rings. The van der Waals surface area contributed by atoms with E-state index in [4.69, 9.17) is 0 Å². The third kappa shape index (κ3) is 17.8. The van der Waals surface area contributed by atoms with Gasteiger partial charge in [-0.2, -0.15) is 0 Å². The zero-order chi connectivity index (χ0) is 20.3. The molecular weight excluding hydrogens is 356 g/mol. The molecule has 1 heterocycles. The topological polar surface area (TPSA) is 0 Å². The maximum absolute atomic E-state index is 2.36. The first-order valence-corrected chi connectivity index (χ1v) is 13.5. The number of rotatable bonds is 19. The van der Waals surface area contributed by atoms with Crippen molar-refractivity contribution in [1.82, 2.24) is 0 Å². The summed E-state index contributed by atoms with van der Waals surface area (Å²) in [6.07, 6.45) is 27.5. The lowest BCUT2D eigenvalue weighted by molar-refractivity contribution is 0.356. The van der Waals surface area contributed by atoms with Gasteiger partial charge in [-0.05, 0) is 36.1 Å². The molecule has 1 aromatic heterocycles. The highest BCUT2D eigenvalue weighted by atomic mass is 32.1. The van der Waals surface area contributed by atoms with Crippen LogP contribution >= 0.6 is 11.3 Å². The number of unbranched alkanes of at least 4 members (excludes halogenated alkanes) is 16. The van der Waals surface area contributed by atoms with Crippen molar-refractivity contribution >= 4 is 11.3 Å². The van der Waals surface area contributed by atoms with Crippen LogP contribution in [-0.2, 0) is 6.42 Å². The molecule has 0 atom stereocenters. The fourth-order valence-corrected chi connectivity index (χ4v) is 4.81. The first-order chi connectivity index (χ1) is 13.6. The molecule has 0 nitrogen and oxygen atoms in total. The van der Waals surface area contributed by atoms with Crippen LogP contribution in [0.25, 0.3) is 0 Å². The van der Waals surface area contributed by atoms with Crippen molar-refractivity contribution in [2.24, 2.45) is 5.41 Å². The minimum atomic E-state index is 0.532. The van der Waals surface area contributed by atoms with E-state index in [0.29, 0.717) is 5.41 Å². The Morgan fingerprint density at radius 1 is 0.571 bits per heavy atom. The van der Waals surface area contributed by atoms with E-state index in [1.807, 2.05) is 11.3 Å². The van der Waals surface area contributed by atoms with Crippen molar-refractivity contribution in [1.29, 1.82) is 0 Å². The second-order valence-corrected chi connectivity index (χ2v) is 11.2. The third-order valence-corrected chi connectivity index (χ3v) is 6.87. The molecule has 0 N–H and O–H groups in total. The predicted octanol–water partition coefficient (Wildman–Crippen LogP) is 10.4. The van der Waals surface area contributed by atoms with Crippen LogP contribution in [0.3, 0.4) is 0 Å². The van der Waals surface area contributed by atoms with E-state index in [0.717, 1.165) is 0 Å². The van der Waals surface area contributed by atoms with Crippen molar-refractivity contribution in [3.8, 4) is 0 Å². The standard InChI is InChI=1S/C27H50S/c1-27(2,3)24-20-18-16-14-12-10-8-6-4-5-7-9-11-13-15-17-19-22-26-23-21-25-28-26/h21,23,25H,4-20,22,24H2,1-3H3. The van der Waals surface area contributed by atoms with Crippen LogP contribution in [-0.4, -0.2) is 0 Å². The number of thiophene rings is 1. The molecule has 0 aliphatic rings. The van der Waals surface area contributed by atoms with E-state index in [2.05, 4.69) is 38.3 Å². The molecule has 0 saturated heterocycles. The molecule has 28 heavy (non-hydrogen) atoms. The zero-order valence-corrected chi connectivity index (χ0v) is 20.4. The van der Waals surface area contributed by atoms with Gasteiger partial charge in [0.15, 0.2) is 0 Å². The van der Waals surface area contributed by atoms with Crippen molar-refractivity contribution < 1.29 is 0 Å². The van der Waals surface area contributed by atoms with Crippen LogP contribution in [0.5, 0.6) is 0 Å². The van der Waals surface area contributed by atoms with E-state index in [1.165, 1.54) is 122 Å². The maximum Gasteiger partial charge on any atom is 0.00452 e. The summed E-state index contributed by atoms with van der Waals surface area (Å²) in [6, 6.07) is 4.45. The van der Waals surface area contributed by atoms with Crippen LogP contribution in [0.1, 0.15) is 141 Å². The molecule has 1 heteroatoms. The Balaban J connectivity index is 1.67. The monoisotopic (exact) mass is 406 g/mol. The molecule has 1 aromatic rings. The average Bonchev–Trinajstić information content (AvgIpc) is 3.16. The molecule has 1 rings (SSSR count). The smallest absolute Gasteiger partial charge is 0.00452 e. The van der Waals surface area contributed by atoms with E-state index >= 15 is 0 Å². The fraction of sp³-hybridized carbons (Fsp3) is 0.852. The number of hydrogen-bond acceptors (Lipinski definition) is 1. The van der Waals surface area contributed by atoms with E-state index in [9.17, 15) is 0 Å². The quantitative estimate of drug-likeness (QED) is 0.200. The van der Waals surface area contributed by atoms with Crippen molar-refractivity contribution in [2.75, 3.05) is 0 Å². The van der Waals surface area contributed by atoms with Gasteiger partial charge in [-0.1, -0.05) is 130 Å². The molecule has 0 aliphatic heterocycles. The molecular formula is C27H50S. The SMILES string of the molecule is CC(C)(C)CCCCCCCCCCCCCCCCCCCc1cccs1. The third-order valence-electron chi connectivity index (χ3n) is 5.93. The van der Waals surface area contributed by atoms with E-state index in [-0.39, 0.29) is 0 Å². The second-order valence-electron chi connectivity index (χ2n) is 10.2. The Morgan fingerprint density at radius 3 is 1.32 bits per heavy atom. The lowest BCUT2D eigenvalue weighted by atomic mass is 9.89. The first kappa shape index (κ1) is 25.7. The minimum Gasteiger partial charge on any atom is -0.149 e. The van der Waals surface area contributed by atoms with E-state index in [1.54, 1.807) is 4.88 Å². The number of aryl methyl sites for hydroxylation is 1. The van der Waals surface area contributed by atoms with Gasteiger partial charge in [0, 0.05) is 4.88 Å². The van der Waals surface area contributed by atoms with Crippen LogP contribution in [0.4, 0.5) is 0 Å². The summed E-state index contributed by atoms with van der Waals surface area (Å²) in [5.41, 5.74) is 0.532. The Hall–Kier alpha value is -0.300.